The van der Waals surface area contributed by atoms with Crippen molar-refractivity contribution in [1.82, 2.24) is 9.13 Å². The molecule has 0 saturated heterocycles. The molecular formula is C36H33Br2N3O4S. The van der Waals surface area contributed by atoms with Crippen molar-refractivity contribution in [3.8, 4) is 5.75 Å². The Balaban J connectivity index is 1.57. The lowest BCUT2D eigenvalue weighted by Crippen LogP contribution is -2.40. The number of allylic oxidation sites excluding steroid dienone is 1. The van der Waals surface area contributed by atoms with E-state index in [1.807, 2.05) is 55.5 Å². The molecule has 1 aliphatic rings. The lowest BCUT2D eigenvalue weighted by atomic mass is 9.94. The summed E-state index contributed by atoms with van der Waals surface area (Å²) in [5.41, 5.74) is 5.91. The topological polar surface area (TPSA) is 74.8 Å². The minimum Gasteiger partial charge on any atom is -0.496 e. The molecule has 7 nitrogen and oxygen atoms in total. The quantitative estimate of drug-likeness (QED) is 0.147. The smallest absolute Gasteiger partial charge is 0.338 e. The number of rotatable bonds is 9. The molecule has 46 heavy (non-hydrogen) atoms. The van der Waals surface area contributed by atoms with Crippen molar-refractivity contribution < 1.29 is 14.3 Å². The van der Waals surface area contributed by atoms with Gasteiger partial charge in [-0.1, -0.05) is 77.0 Å². The Bertz CT molecular complexity index is 2180. The molecule has 0 aliphatic carbocycles. The minimum absolute atomic E-state index is 0.206. The van der Waals surface area contributed by atoms with Gasteiger partial charge in [0.1, 0.15) is 5.75 Å². The van der Waals surface area contributed by atoms with Crippen LogP contribution < -0.4 is 19.6 Å². The van der Waals surface area contributed by atoms with E-state index in [9.17, 15) is 9.59 Å². The molecule has 0 unspecified atom stereocenters. The highest BCUT2D eigenvalue weighted by molar-refractivity contribution is 9.10. The van der Waals surface area contributed by atoms with Crippen LogP contribution in [0, 0.1) is 6.92 Å². The van der Waals surface area contributed by atoms with Crippen molar-refractivity contribution in [2.24, 2.45) is 4.99 Å². The number of methoxy groups -OCH3 is 1. The molecule has 0 N–H and O–H groups in total. The van der Waals surface area contributed by atoms with Crippen LogP contribution in [0.4, 0.5) is 0 Å². The van der Waals surface area contributed by atoms with Crippen LogP contribution in [0.15, 0.2) is 96.7 Å². The van der Waals surface area contributed by atoms with E-state index in [4.69, 9.17) is 14.5 Å². The summed E-state index contributed by atoms with van der Waals surface area (Å²) in [5.74, 6) is 0.189. The third kappa shape index (κ3) is 5.94. The molecule has 0 amide bonds. The number of hydrogen-bond donors (Lipinski definition) is 0. The molecule has 0 spiro atoms. The van der Waals surface area contributed by atoms with Crippen molar-refractivity contribution >= 4 is 66.1 Å². The zero-order chi connectivity index (χ0) is 32.5. The number of thiazole rings is 1. The van der Waals surface area contributed by atoms with Gasteiger partial charge in [0.25, 0.3) is 5.56 Å². The summed E-state index contributed by atoms with van der Waals surface area (Å²) in [5, 5.41) is 1.07. The Hall–Kier alpha value is -3.73. The highest BCUT2D eigenvalue weighted by Crippen LogP contribution is 2.36. The van der Waals surface area contributed by atoms with Gasteiger partial charge >= 0.3 is 5.97 Å². The molecular weight excluding hydrogens is 730 g/mol. The van der Waals surface area contributed by atoms with Gasteiger partial charge in [0.15, 0.2) is 4.80 Å². The van der Waals surface area contributed by atoms with Crippen LogP contribution in [0.2, 0.25) is 0 Å². The number of halogens is 2. The van der Waals surface area contributed by atoms with Gasteiger partial charge in [0.05, 0.1) is 40.0 Å². The van der Waals surface area contributed by atoms with E-state index in [1.165, 1.54) is 16.9 Å². The second kappa shape index (κ2) is 13.6. The Morgan fingerprint density at radius 1 is 1.07 bits per heavy atom. The predicted octanol–water partition coefficient (Wildman–Crippen LogP) is 7.42. The molecule has 0 saturated carbocycles. The van der Waals surface area contributed by atoms with Crippen molar-refractivity contribution in [3.63, 3.8) is 0 Å². The van der Waals surface area contributed by atoms with Gasteiger partial charge in [-0.3, -0.25) is 9.36 Å². The van der Waals surface area contributed by atoms with E-state index in [1.54, 1.807) is 18.6 Å². The normalized spacial score (nSPS) is 14.8. The molecule has 1 atom stereocenters. The molecule has 6 rings (SSSR count). The monoisotopic (exact) mass is 761 g/mol. The average molecular weight is 764 g/mol. The van der Waals surface area contributed by atoms with E-state index < -0.39 is 12.0 Å². The number of aromatic nitrogens is 2. The fourth-order valence-corrected chi connectivity index (χ4v) is 7.86. The third-order valence-electron chi connectivity index (χ3n) is 8.19. The first-order valence-corrected chi connectivity index (χ1v) is 17.5. The zero-order valence-electron chi connectivity index (χ0n) is 26.0. The standard InChI is InChI=1S/C36H33Br2N3O4S/c1-5-9-28-32(35(43)45-6-2)33(23-14-17-30(44-4)27(38)18-23)41-34(42)31(46-36(41)39-28)19-26-21(3)40(29-11-8-7-10-25(26)29)20-22-12-15-24(37)16-13-22/h7-8,10-19,33H,5-6,9,20H2,1-4H3/b31-19-/t33-/m0/s1. The second-order valence-electron chi connectivity index (χ2n) is 11.0. The van der Waals surface area contributed by atoms with E-state index in [0.717, 1.165) is 43.1 Å². The molecule has 3 heterocycles. The number of carbonyl (C=O) groups excluding carboxylic acids is 1. The van der Waals surface area contributed by atoms with Crippen LogP contribution in [0.1, 0.15) is 55.1 Å². The maximum Gasteiger partial charge on any atom is 0.338 e. The van der Waals surface area contributed by atoms with Crippen LogP contribution in [0.3, 0.4) is 0 Å². The first-order valence-electron chi connectivity index (χ1n) is 15.1. The largest absolute Gasteiger partial charge is 0.496 e. The Kier molecular flexibility index (Phi) is 9.49. The van der Waals surface area contributed by atoms with Crippen LogP contribution in [0.25, 0.3) is 17.0 Å². The molecule has 2 aromatic heterocycles. The van der Waals surface area contributed by atoms with Crippen molar-refractivity contribution in [1.29, 1.82) is 0 Å². The highest BCUT2D eigenvalue weighted by atomic mass is 79.9. The fourth-order valence-electron chi connectivity index (χ4n) is 6.04. The summed E-state index contributed by atoms with van der Waals surface area (Å²) in [6, 6.07) is 21.5. The Morgan fingerprint density at radius 3 is 2.52 bits per heavy atom. The van der Waals surface area contributed by atoms with Crippen LogP contribution >= 0.6 is 43.2 Å². The summed E-state index contributed by atoms with van der Waals surface area (Å²) in [6.07, 6.45) is 3.34. The zero-order valence-corrected chi connectivity index (χ0v) is 30.0. The van der Waals surface area contributed by atoms with Crippen molar-refractivity contribution in [3.05, 3.63) is 129 Å². The molecule has 0 bridgehead atoms. The first-order chi connectivity index (χ1) is 22.2. The highest BCUT2D eigenvalue weighted by Gasteiger charge is 2.34. The summed E-state index contributed by atoms with van der Waals surface area (Å²) < 4.78 is 17.3. The molecule has 1 aliphatic heterocycles. The molecule has 236 valence electrons. The lowest BCUT2D eigenvalue weighted by Gasteiger charge is -2.26. The van der Waals surface area contributed by atoms with Gasteiger partial charge in [-0.2, -0.15) is 0 Å². The van der Waals surface area contributed by atoms with Gasteiger partial charge in [0.2, 0.25) is 0 Å². The molecule has 10 heteroatoms. The Labute approximate surface area is 287 Å². The first kappa shape index (κ1) is 32.2. The number of ether oxygens (including phenoxy) is 2. The molecule has 5 aromatic rings. The number of para-hydroxylation sites is 1. The summed E-state index contributed by atoms with van der Waals surface area (Å²) in [4.78, 5) is 33.5. The van der Waals surface area contributed by atoms with Crippen LogP contribution in [-0.4, -0.2) is 28.8 Å². The molecule has 3 aromatic carbocycles. The number of fused-ring (bicyclic) bond motifs is 2. The summed E-state index contributed by atoms with van der Waals surface area (Å²) >= 11 is 8.48. The van der Waals surface area contributed by atoms with Crippen LogP contribution in [0.5, 0.6) is 5.75 Å². The van der Waals surface area contributed by atoms with E-state index >= 15 is 0 Å². The lowest BCUT2D eigenvalue weighted by molar-refractivity contribution is -0.139. The van der Waals surface area contributed by atoms with E-state index in [2.05, 4.69) is 67.6 Å². The SMILES string of the molecule is CCCC1=C(C(=O)OCC)[C@H](c2ccc(OC)c(Br)c2)n2c(s/c(=C\c3c(C)n(Cc4ccc(Br)cc4)c4ccccc34)c2=O)=N1. The van der Waals surface area contributed by atoms with Crippen molar-refractivity contribution in [2.75, 3.05) is 13.7 Å². The molecule has 0 radical (unpaired) electrons. The number of esters is 1. The number of nitrogens with zero attached hydrogens (tertiary/aromatic N) is 3. The van der Waals surface area contributed by atoms with Crippen molar-refractivity contribution in [2.45, 2.75) is 46.2 Å². The minimum atomic E-state index is -0.707. The third-order valence-corrected chi connectivity index (χ3v) is 10.3. The number of carbonyl (C=O) groups is 1. The van der Waals surface area contributed by atoms with Gasteiger partial charge in [0, 0.05) is 33.2 Å². The molecule has 0 fully saturated rings. The van der Waals surface area contributed by atoms with E-state index in [0.29, 0.717) is 39.3 Å². The number of hydrogen-bond acceptors (Lipinski definition) is 6. The van der Waals surface area contributed by atoms with Gasteiger partial charge < -0.3 is 14.0 Å². The summed E-state index contributed by atoms with van der Waals surface area (Å²) in [6.45, 7) is 6.84. The van der Waals surface area contributed by atoms with Gasteiger partial charge in [-0.05, 0) is 83.7 Å². The van der Waals surface area contributed by atoms with E-state index in [-0.39, 0.29) is 12.2 Å². The number of benzene rings is 3. The fraction of sp³-hybridized carbons (Fsp3) is 0.250. The maximum atomic E-state index is 14.4. The van der Waals surface area contributed by atoms with Gasteiger partial charge in [-0.25, -0.2) is 9.79 Å². The Morgan fingerprint density at radius 2 is 1.83 bits per heavy atom. The van der Waals surface area contributed by atoms with Gasteiger partial charge in [-0.15, -0.1) is 0 Å². The average Bonchev–Trinajstić information content (AvgIpc) is 3.50. The van der Waals surface area contributed by atoms with Crippen LogP contribution in [-0.2, 0) is 16.1 Å². The maximum absolute atomic E-state index is 14.4. The predicted molar refractivity (Wildman–Crippen MR) is 190 cm³/mol. The second-order valence-corrected chi connectivity index (χ2v) is 13.8. The summed E-state index contributed by atoms with van der Waals surface area (Å²) in [7, 11) is 1.60.